The molecule has 0 unspecified atom stereocenters. The van der Waals surface area contributed by atoms with Crippen molar-refractivity contribution in [3.05, 3.63) is 45.9 Å². The van der Waals surface area contributed by atoms with Crippen molar-refractivity contribution < 1.29 is 14.7 Å². The van der Waals surface area contributed by atoms with Gasteiger partial charge in [0.1, 0.15) is 11.6 Å². The third kappa shape index (κ3) is 3.94. The lowest BCUT2D eigenvalue weighted by atomic mass is 10.2. The average Bonchev–Trinajstić information content (AvgIpc) is 2.92. The van der Waals surface area contributed by atoms with Gasteiger partial charge in [0.25, 0.3) is 0 Å². The molecule has 0 atom stereocenters. The van der Waals surface area contributed by atoms with Gasteiger partial charge in [-0.05, 0) is 24.3 Å². The van der Waals surface area contributed by atoms with Gasteiger partial charge < -0.3 is 5.11 Å². The fourth-order valence-corrected chi connectivity index (χ4v) is 2.81. The minimum Gasteiger partial charge on any atom is -0.477 e. The van der Waals surface area contributed by atoms with E-state index in [0.717, 1.165) is 17.4 Å². The van der Waals surface area contributed by atoms with E-state index in [9.17, 15) is 9.59 Å². The number of halogens is 1. The Bertz CT molecular complexity index is 838. The molecular formula is C15H10ClN3O3S. The van der Waals surface area contributed by atoms with E-state index in [1.807, 2.05) is 0 Å². The summed E-state index contributed by atoms with van der Waals surface area (Å²) in [7, 11) is 0. The summed E-state index contributed by atoms with van der Waals surface area (Å²) in [6.45, 7) is 1.38. The number of anilines is 2. The quantitative estimate of drug-likeness (QED) is 0.675. The van der Waals surface area contributed by atoms with Crippen LogP contribution in [0.1, 0.15) is 12.6 Å². The van der Waals surface area contributed by atoms with Gasteiger partial charge in [-0.1, -0.05) is 17.7 Å². The van der Waals surface area contributed by atoms with Crippen LogP contribution in [-0.2, 0) is 9.59 Å². The molecule has 0 spiro atoms. The van der Waals surface area contributed by atoms with E-state index in [-0.39, 0.29) is 11.6 Å². The summed E-state index contributed by atoms with van der Waals surface area (Å²) in [5, 5.41) is 20.0. The van der Waals surface area contributed by atoms with Crippen molar-refractivity contribution in [1.82, 2.24) is 4.98 Å². The lowest BCUT2D eigenvalue weighted by Crippen LogP contribution is -2.22. The van der Waals surface area contributed by atoms with Gasteiger partial charge >= 0.3 is 5.97 Å². The molecule has 0 fully saturated rings. The molecule has 0 aliphatic carbocycles. The molecule has 23 heavy (non-hydrogen) atoms. The summed E-state index contributed by atoms with van der Waals surface area (Å²) < 4.78 is 0. The van der Waals surface area contributed by atoms with E-state index >= 15 is 0 Å². The Kier molecular flexibility index (Phi) is 5.11. The Morgan fingerprint density at radius 2 is 2.22 bits per heavy atom. The van der Waals surface area contributed by atoms with Gasteiger partial charge in [0, 0.05) is 17.3 Å². The van der Waals surface area contributed by atoms with Crippen molar-refractivity contribution >= 4 is 51.7 Å². The molecule has 1 N–H and O–H groups in total. The number of carboxylic acid groups (broad SMARTS) is 1. The number of nitrogens with zero attached hydrogens (tertiary/aromatic N) is 3. The maximum atomic E-state index is 11.9. The zero-order chi connectivity index (χ0) is 17.0. The number of thiazole rings is 1. The largest absolute Gasteiger partial charge is 0.477 e. The first-order valence-electron chi connectivity index (χ1n) is 6.29. The Balaban J connectivity index is 2.42. The fourth-order valence-electron chi connectivity index (χ4n) is 1.78. The molecular weight excluding hydrogens is 338 g/mol. The highest BCUT2D eigenvalue weighted by atomic mass is 35.5. The van der Waals surface area contributed by atoms with Crippen LogP contribution < -0.4 is 4.90 Å². The number of aromatic nitrogens is 1. The Morgan fingerprint density at radius 3 is 2.78 bits per heavy atom. The molecule has 0 saturated carbocycles. The first kappa shape index (κ1) is 16.7. The smallest absolute Gasteiger partial charge is 0.346 e. The van der Waals surface area contributed by atoms with Crippen LogP contribution in [0.5, 0.6) is 0 Å². The number of benzene rings is 1. The molecule has 0 aliphatic rings. The van der Waals surface area contributed by atoms with Crippen LogP contribution in [0.25, 0.3) is 6.08 Å². The van der Waals surface area contributed by atoms with E-state index in [2.05, 4.69) is 4.98 Å². The molecule has 0 aliphatic heterocycles. The minimum absolute atomic E-state index is 0.268. The first-order valence-corrected chi connectivity index (χ1v) is 7.55. The van der Waals surface area contributed by atoms with Gasteiger partial charge in [-0.15, -0.1) is 11.3 Å². The molecule has 0 bridgehead atoms. The van der Waals surface area contributed by atoms with Crippen molar-refractivity contribution in [2.75, 3.05) is 4.90 Å². The van der Waals surface area contributed by atoms with Crippen molar-refractivity contribution in [1.29, 1.82) is 5.26 Å². The summed E-state index contributed by atoms with van der Waals surface area (Å²) >= 11 is 7.10. The van der Waals surface area contributed by atoms with Crippen molar-refractivity contribution in [2.24, 2.45) is 0 Å². The van der Waals surface area contributed by atoms with Crippen LogP contribution in [0.4, 0.5) is 10.8 Å². The Labute approximate surface area is 140 Å². The third-order valence-corrected chi connectivity index (χ3v) is 3.80. The maximum Gasteiger partial charge on any atom is 0.346 e. The van der Waals surface area contributed by atoms with Gasteiger partial charge in [-0.25, -0.2) is 9.78 Å². The van der Waals surface area contributed by atoms with Gasteiger partial charge in [-0.3, -0.25) is 9.69 Å². The normalized spacial score (nSPS) is 10.9. The van der Waals surface area contributed by atoms with Crippen LogP contribution in [0, 0.1) is 11.3 Å². The number of hydrogen-bond donors (Lipinski definition) is 1. The van der Waals surface area contributed by atoms with E-state index in [1.165, 1.54) is 11.8 Å². The predicted octanol–water partition coefficient (Wildman–Crippen LogP) is 3.47. The first-order chi connectivity index (χ1) is 10.9. The number of aliphatic carboxylic acids is 1. The molecule has 0 radical (unpaired) electrons. The number of carbonyl (C=O) groups excluding carboxylic acids is 1. The molecule has 8 heteroatoms. The molecule has 1 aromatic carbocycles. The number of rotatable bonds is 4. The number of carboxylic acids is 1. The van der Waals surface area contributed by atoms with E-state index in [1.54, 1.807) is 35.7 Å². The number of hydrogen-bond acceptors (Lipinski definition) is 5. The van der Waals surface area contributed by atoms with Crippen molar-refractivity contribution in [3.63, 3.8) is 0 Å². The zero-order valence-corrected chi connectivity index (χ0v) is 13.4. The molecule has 1 aromatic heterocycles. The summed E-state index contributed by atoms with van der Waals surface area (Å²) in [5.41, 5.74) is 0.407. The average molecular weight is 348 g/mol. The van der Waals surface area contributed by atoms with Gasteiger partial charge in [0.2, 0.25) is 5.91 Å². The van der Waals surface area contributed by atoms with E-state index in [0.29, 0.717) is 15.8 Å². The van der Waals surface area contributed by atoms with E-state index < -0.39 is 11.5 Å². The summed E-state index contributed by atoms with van der Waals surface area (Å²) in [4.78, 5) is 28.3. The monoisotopic (exact) mass is 347 g/mol. The lowest BCUT2D eigenvalue weighted by Gasteiger charge is -2.18. The SMILES string of the molecule is CC(=O)N(c1cccc(Cl)c1)c1nc(/C=C(\C#N)C(=O)O)cs1. The third-order valence-electron chi connectivity index (χ3n) is 2.73. The molecule has 2 rings (SSSR count). The molecule has 0 saturated heterocycles. The molecule has 6 nitrogen and oxygen atoms in total. The zero-order valence-electron chi connectivity index (χ0n) is 11.9. The van der Waals surface area contributed by atoms with Gasteiger partial charge in [-0.2, -0.15) is 5.26 Å². The van der Waals surface area contributed by atoms with Crippen molar-refractivity contribution in [3.8, 4) is 6.07 Å². The Morgan fingerprint density at radius 1 is 1.48 bits per heavy atom. The van der Waals surface area contributed by atoms with Crippen LogP contribution in [-0.4, -0.2) is 22.0 Å². The topological polar surface area (TPSA) is 94.3 Å². The molecule has 1 amide bonds. The molecule has 1 heterocycles. The summed E-state index contributed by atoms with van der Waals surface area (Å²) in [6, 6.07) is 8.31. The highest BCUT2D eigenvalue weighted by Gasteiger charge is 2.18. The predicted molar refractivity (Wildman–Crippen MR) is 87.6 cm³/mol. The second-order valence-electron chi connectivity index (χ2n) is 4.36. The number of amides is 1. The second kappa shape index (κ2) is 7.05. The van der Waals surface area contributed by atoms with Crippen molar-refractivity contribution in [2.45, 2.75) is 6.92 Å². The number of carbonyl (C=O) groups is 2. The van der Waals surface area contributed by atoms with Crippen LogP contribution in [0.15, 0.2) is 35.2 Å². The fraction of sp³-hybridized carbons (Fsp3) is 0.0667. The lowest BCUT2D eigenvalue weighted by molar-refractivity contribution is -0.132. The minimum atomic E-state index is -1.33. The standard InChI is InChI=1S/C15H10ClN3O3S/c1-9(20)19(13-4-2-3-11(16)6-13)15-18-12(8-23-15)5-10(7-17)14(21)22/h2-6,8H,1H3,(H,21,22)/b10-5+. The van der Waals surface area contributed by atoms with Crippen LogP contribution in [0.3, 0.4) is 0 Å². The summed E-state index contributed by atoms with van der Waals surface area (Å²) in [5.74, 6) is -1.60. The highest BCUT2D eigenvalue weighted by Crippen LogP contribution is 2.30. The van der Waals surface area contributed by atoms with Gasteiger partial charge in [0.05, 0.1) is 11.4 Å². The molecule has 2 aromatic rings. The Hall–Kier alpha value is -2.69. The summed E-state index contributed by atoms with van der Waals surface area (Å²) in [6.07, 6.45) is 1.15. The number of nitriles is 1. The second-order valence-corrected chi connectivity index (χ2v) is 5.64. The van der Waals surface area contributed by atoms with Gasteiger partial charge in [0.15, 0.2) is 5.13 Å². The van der Waals surface area contributed by atoms with Crippen LogP contribution in [0.2, 0.25) is 5.02 Å². The van der Waals surface area contributed by atoms with Crippen LogP contribution >= 0.6 is 22.9 Å². The molecule has 116 valence electrons. The maximum absolute atomic E-state index is 11.9. The highest BCUT2D eigenvalue weighted by molar-refractivity contribution is 7.14. The van der Waals surface area contributed by atoms with E-state index in [4.69, 9.17) is 22.0 Å².